The smallest absolute Gasteiger partial charge is 0.105 e. The van der Waals surface area contributed by atoms with E-state index in [1.165, 1.54) is 45.1 Å². The van der Waals surface area contributed by atoms with E-state index in [9.17, 15) is 0 Å². The lowest BCUT2D eigenvalue weighted by Crippen LogP contribution is -2.63. The second kappa shape index (κ2) is 11.8. The molecule has 5 N–H and O–H groups in total. The third-order valence-electron chi connectivity index (χ3n) is 7.97. The highest BCUT2D eigenvalue weighted by Crippen LogP contribution is 2.33. The second-order valence-electron chi connectivity index (χ2n) is 14.7. The SMILES string of the molecule is CC(C)N(CCCCCCN(CC(=N)N)C1CC(C)(C)NC(C)(C)C1)C1CC(C)(C)NC(C)(C)C1. The van der Waals surface area contributed by atoms with Crippen molar-refractivity contribution in [3.05, 3.63) is 0 Å². The summed E-state index contributed by atoms with van der Waals surface area (Å²) in [5.74, 6) is 0.291. The van der Waals surface area contributed by atoms with Gasteiger partial charge in [-0.25, -0.2) is 0 Å². The van der Waals surface area contributed by atoms with E-state index in [4.69, 9.17) is 11.1 Å². The van der Waals surface area contributed by atoms with Gasteiger partial charge in [0, 0.05) is 40.3 Å². The first-order valence-electron chi connectivity index (χ1n) is 14.3. The summed E-state index contributed by atoms with van der Waals surface area (Å²) in [6, 6.07) is 1.72. The van der Waals surface area contributed by atoms with Crippen molar-refractivity contribution in [1.82, 2.24) is 20.4 Å². The van der Waals surface area contributed by atoms with Gasteiger partial charge >= 0.3 is 0 Å². The van der Waals surface area contributed by atoms with E-state index in [1.54, 1.807) is 0 Å². The summed E-state index contributed by atoms with van der Waals surface area (Å²) in [5, 5.41) is 15.6. The Labute approximate surface area is 218 Å². The molecule has 6 heteroatoms. The average Bonchev–Trinajstić information content (AvgIpc) is 2.60. The van der Waals surface area contributed by atoms with Gasteiger partial charge in [-0.2, -0.15) is 0 Å². The van der Waals surface area contributed by atoms with Crippen molar-refractivity contribution in [3.8, 4) is 0 Å². The molecule has 0 aromatic heterocycles. The van der Waals surface area contributed by atoms with E-state index >= 15 is 0 Å². The minimum Gasteiger partial charge on any atom is -0.387 e. The first kappa shape index (κ1) is 30.5. The van der Waals surface area contributed by atoms with Crippen LogP contribution in [0.4, 0.5) is 0 Å². The molecule has 0 radical (unpaired) electrons. The molecule has 0 saturated carbocycles. The zero-order chi connectivity index (χ0) is 26.7. The van der Waals surface area contributed by atoms with Crippen molar-refractivity contribution < 1.29 is 0 Å². The lowest BCUT2D eigenvalue weighted by atomic mass is 9.78. The van der Waals surface area contributed by atoms with Crippen LogP contribution in [-0.4, -0.2) is 75.6 Å². The summed E-state index contributed by atoms with van der Waals surface area (Å²) in [7, 11) is 0. The third kappa shape index (κ3) is 10.3. The van der Waals surface area contributed by atoms with Crippen LogP contribution >= 0.6 is 0 Å². The van der Waals surface area contributed by atoms with E-state index < -0.39 is 0 Å². The maximum absolute atomic E-state index is 7.94. The Morgan fingerprint density at radius 1 is 0.743 bits per heavy atom. The predicted molar refractivity (Wildman–Crippen MR) is 152 cm³/mol. The molecule has 0 atom stereocenters. The summed E-state index contributed by atoms with van der Waals surface area (Å²) in [6.07, 6.45) is 9.64. The summed E-state index contributed by atoms with van der Waals surface area (Å²) < 4.78 is 0. The molecule has 2 fully saturated rings. The monoisotopic (exact) mass is 492 g/mol. The van der Waals surface area contributed by atoms with Gasteiger partial charge in [-0.1, -0.05) is 12.8 Å². The molecule has 0 aromatic carbocycles. The maximum atomic E-state index is 7.94. The molecule has 206 valence electrons. The van der Waals surface area contributed by atoms with Crippen LogP contribution in [0.25, 0.3) is 0 Å². The van der Waals surface area contributed by atoms with Gasteiger partial charge in [0.15, 0.2) is 0 Å². The number of nitrogens with two attached hydrogens (primary N) is 1. The number of nitrogens with zero attached hydrogens (tertiary/aromatic N) is 2. The zero-order valence-corrected chi connectivity index (χ0v) is 25.0. The molecule has 35 heavy (non-hydrogen) atoms. The quantitative estimate of drug-likeness (QED) is 0.173. The van der Waals surface area contributed by atoms with Crippen LogP contribution in [0.3, 0.4) is 0 Å². The number of hydrogen-bond acceptors (Lipinski definition) is 5. The topological polar surface area (TPSA) is 80.4 Å². The van der Waals surface area contributed by atoms with Gasteiger partial charge in [-0.3, -0.25) is 15.2 Å². The highest BCUT2D eigenvalue weighted by atomic mass is 15.2. The Kier molecular flexibility index (Phi) is 10.3. The van der Waals surface area contributed by atoms with Crippen LogP contribution in [0.2, 0.25) is 0 Å². The number of nitrogens with one attached hydrogen (secondary N) is 3. The number of piperidine rings is 2. The molecular formula is C29H60N6. The number of amidine groups is 1. The molecule has 0 aromatic rings. The second-order valence-corrected chi connectivity index (χ2v) is 14.7. The molecule has 0 bridgehead atoms. The lowest BCUT2D eigenvalue weighted by Gasteiger charge is -2.50. The summed E-state index contributed by atoms with van der Waals surface area (Å²) in [5.41, 5.74) is 6.48. The zero-order valence-electron chi connectivity index (χ0n) is 25.0. The molecule has 6 nitrogen and oxygen atoms in total. The number of rotatable bonds is 12. The van der Waals surface area contributed by atoms with E-state index in [-0.39, 0.29) is 22.2 Å². The van der Waals surface area contributed by atoms with Crippen LogP contribution in [-0.2, 0) is 0 Å². The van der Waals surface area contributed by atoms with Crippen molar-refractivity contribution in [2.24, 2.45) is 5.73 Å². The maximum Gasteiger partial charge on any atom is 0.105 e. The van der Waals surface area contributed by atoms with Gasteiger partial charge in [0.2, 0.25) is 0 Å². The largest absolute Gasteiger partial charge is 0.387 e. The van der Waals surface area contributed by atoms with Crippen molar-refractivity contribution in [3.63, 3.8) is 0 Å². The van der Waals surface area contributed by atoms with Gasteiger partial charge < -0.3 is 16.4 Å². The Morgan fingerprint density at radius 2 is 1.14 bits per heavy atom. The van der Waals surface area contributed by atoms with Crippen LogP contribution < -0.4 is 16.4 Å². The van der Waals surface area contributed by atoms with Gasteiger partial charge in [-0.05, 0) is 121 Å². The summed E-state index contributed by atoms with van der Waals surface area (Å²) in [4.78, 5) is 5.26. The first-order valence-corrected chi connectivity index (χ1v) is 14.3. The molecule has 2 aliphatic rings. The van der Waals surface area contributed by atoms with Crippen molar-refractivity contribution in [2.75, 3.05) is 19.6 Å². The van der Waals surface area contributed by atoms with Gasteiger partial charge in [0.1, 0.15) is 5.84 Å². The average molecular weight is 493 g/mol. The van der Waals surface area contributed by atoms with Gasteiger partial charge in [0.05, 0.1) is 6.54 Å². The van der Waals surface area contributed by atoms with E-state index in [0.717, 1.165) is 19.4 Å². The molecule has 2 rings (SSSR count). The number of unbranched alkanes of at least 4 members (excludes halogenated alkanes) is 3. The molecule has 2 saturated heterocycles. The van der Waals surface area contributed by atoms with E-state index in [2.05, 4.69) is 89.7 Å². The van der Waals surface area contributed by atoms with Gasteiger partial charge in [0.25, 0.3) is 0 Å². The van der Waals surface area contributed by atoms with Crippen molar-refractivity contribution in [1.29, 1.82) is 5.41 Å². The van der Waals surface area contributed by atoms with Crippen LogP contribution in [0.5, 0.6) is 0 Å². The molecule has 0 amide bonds. The normalized spacial score (nSPS) is 24.4. The Balaban J connectivity index is 1.85. The highest BCUT2D eigenvalue weighted by Gasteiger charge is 2.41. The highest BCUT2D eigenvalue weighted by molar-refractivity contribution is 5.79. The van der Waals surface area contributed by atoms with E-state index in [0.29, 0.717) is 30.5 Å². The Morgan fingerprint density at radius 3 is 1.54 bits per heavy atom. The van der Waals surface area contributed by atoms with Crippen LogP contribution in [0.1, 0.15) is 121 Å². The minimum absolute atomic E-state index is 0.111. The van der Waals surface area contributed by atoms with Gasteiger partial charge in [-0.15, -0.1) is 0 Å². The Hall–Kier alpha value is -0.690. The molecule has 0 spiro atoms. The lowest BCUT2D eigenvalue weighted by molar-refractivity contribution is 0.0464. The fourth-order valence-electron chi connectivity index (χ4n) is 7.46. The molecule has 0 unspecified atom stereocenters. The fraction of sp³-hybridized carbons (Fsp3) is 0.966. The fourth-order valence-corrected chi connectivity index (χ4v) is 7.46. The van der Waals surface area contributed by atoms with Crippen LogP contribution in [0, 0.1) is 5.41 Å². The molecular weight excluding hydrogens is 432 g/mol. The summed E-state index contributed by atoms with van der Waals surface area (Å²) >= 11 is 0. The Bertz CT molecular complexity index is 649. The summed E-state index contributed by atoms with van der Waals surface area (Å²) in [6.45, 7) is 26.2. The third-order valence-corrected chi connectivity index (χ3v) is 7.97. The molecule has 2 heterocycles. The molecule has 0 aliphatic carbocycles. The van der Waals surface area contributed by atoms with Crippen LogP contribution in [0.15, 0.2) is 0 Å². The minimum atomic E-state index is 0.111. The standard InChI is InChI=1S/C29H60N6/c1-22(2)35(24-19-28(7,8)33-29(9,10)20-24)16-14-12-11-13-15-34(21-25(30)31)23-17-26(3,4)32-27(5,6)18-23/h22-24,32-33H,11-21H2,1-10H3,(H3,30,31). The first-order chi connectivity index (χ1) is 15.9. The van der Waals surface area contributed by atoms with E-state index in [1.807, 2.05) is 0 Å². The predicted octanol–water partition coefficient (Wildman–Crippen LogP) is 5.11. The molecule has 2 aliphatic heterocycles. The van der Waals surface area contributed by atoms with Crippen molar-refractivity contribution >= 4 is 5.84 Å². The van der Waals surface area contributed by atoms with Crippen molar-refractivity contribution in [2.45, 2.75) is 161 Å². The number of hydrogen-bond donors (Lipinski definition) is 4.